The van der Waals surface area contributed by atoms with Gasteiger partial charge in [0.05, 0.1) is 18.1 Å². The van der Waals surface area contributed by atoms with Gasteiger partial charge in [-0.3, -0.25) is 10.1 Å². The Morgan fingerprint density at radius 2 is 1.85 bits per heavy atom. The molecule has 1 spiro atoms. The van der Waals surface area contributed by atoms with Gasteiger partial charge in [-0.1, -0.05) is 36.4 Å². The Morgan fingerprint density at radius 3 is 2.62 bits per heavy atom. The molecule has 3 aliphatic heterocycles. The zero-order valence-corrected chi connectivity index (χ0v) is 14.4. The average molecular weight is 349 g/mol. The van der Waals surface area contributed by atoms with E-state index in [2.05, 4.69) is 5.32 Å². The van der Waals surface area contributed by atoms with E-state index in [1.165, 1.54) is 0 Å². The minimum absolute atomic E-state index is 0.0224. The van der Waals surface area contributed by atoms with Crippen molar-refractivity contribution < 1.29 is 19.1 Å². The second-order valence-electron chi connectivity index (χ2n) is 7.26. The molecule has 2 aromatic rings. The first-order valence-corrected chi connectivity index (χ1v) is 8.92. The fraction of sp³-hybridized carbons (Fsp3) is 0.333. The molecule has 3 aliphatic rings. The molecule has 2 fully saturated rings. The second-order valence-corrected chi connectivity index (χ2v) is 7.26. The third-order valence-electron chi connectivity index (χ3n) is 5.91. The third-order valence-corrected chi connectivity index (χ3v) is 5.91. The van der Waals surface area contributed by atoms with Crippen LogP contribution in [0.15, 0.2) is 48.5 Å². The summed E-state index contributed by atoms with van der Waals surface area (Å²) in [5.41, 5.74) is 1.72. The highest BCUT2D eigenvalue weighted by Crippen LogP contribution is 2.49. The van der Waals surface area contributed by atoms with Gasteiger partial charge in [0, 0.05) is 12.5 Å². The monoisotopic (exact) mass is 349 g/mol. The van der Waals surface area contributed by atoms with Crippen LogP contribution in [0.5, 0.6) is 5.75 Å². The van der Waals surface area contributed by atoms with Crippen molar-refractivity contribution in [3.8, 4) is 5.75 Å². The van der Waals surface area contributed by atoms with Gasteiger partial charge in [0.15, 0.2) is 11.3 Å². The van der Waals surface area contributed by atoms with Gasteiger partial charge in [0.25, 0.3) is 0 Å². The van der Waals surface area contributed by atoms with Crippen LogP contribution >= 0.6 is 0 Å². The number of benzene rings is 2. The molecule has 26 heavy (non-hydrogen) atoms. The number of fused-ring (bicyclic) bond motifs is 3. The maximum Gasteiger partial charge on any atom is 0.330 e. The van der Waals surface area contributed by atoms with Crippen molar-refractivity contribution in [2.24, 2.45) is 5.92 Å². The zero-order valence-electron chi connectivity index (χ0n) is 14.4. The van der Waals surface area contributed by atoms with Crippen molar-refractivity contribution in [2.75, 3.05) is 6.61 Å². The lowest BCUT2D eigenvalue weighted by Crippen LogP contribution is -2.56. The van der Waals surface area contributed by atoms with E-state index in [0.29, 0.717) is 24.3 Å². The standard InChI is InChI=1S/C21H19NO4/c1-12-6-2-3-7-13(12)17-16-18(23)14-8-4-5-9-15(14)26-19(16)21(22-17)10-11-25-20(21)24/h2-9,16-17,19,22H,10-11H2,1H3/t16-,17+,19+,21+/m1/s1. The number of esters is 1. The number of nitrogens with one attached hydrogen (secondary N) is 1. The molecule has 0 aromatic heterocycles. The summed E-state index contributed by atoms with van der Waals surface area (Å²) in [5, 5.41) is 3.46. The van der Waals surface area contributed by atoms with Crippen LogP contribution < -0.4 is 10.1 Å². The van der Waals surface area contributed by atoms with Gasteiger partial charge < -0.3 is 9.47 Å². The van der Waals surface area contributed by atoms with Crippen LogP contribution in [0.4, 0.5) is 0 Å². The summed E-state index contributed by atoms with van der Waals surface area (Å²) < 4.78 is 11.5. The highest BCUT2D eigenvalue weighted by atomic mass is 16.6. The fourth-order valence-corrected chi connectivity index (χ4v) is 4.61. The SMILES string of the molecule is Cc1ccccc1[C@@H]1N[C@@]2(CCOC2=O)[C@H]2Oc3ccccc3C(=O)[C@@H]12. The van der Waals surface area contributed by atoms with E-state index in [1.54, 1.807) is 12.1 Å². The highest BCUT2D eigenvalue weighted by Gasteiger charge is 2.65. The van der Waals surface area contributed by atoms with Crippen molar-refractivity contribution in [3.05, 3.63) is 65.2 Å². The minimum atomic E-state index is -0.971. The van der Waals surface area contributed by atoms with Gasteiger partial charge >= 0.3 is 5.97 Å². The van der Waals surface area contributed by atoms with Gasteiger partial charge in [-0.2, -0.15) is 0 Å². The van der Waals surface area contributed by atoms with E-state index < -0.39 is 17.6 Å². The summed E-state index contributed by atoms with van der Waals surface area (Å²) in [5.74, 6) is -0.216. The number of aryl methyl sites for hydroxylation is 1. The molecule has 1 N–H and O–H groups in total. The molecule has 132 valence electrons. The first-order chi connectivity index (χ1) is 12.6. The molecule has 0 radical (unpaired) electrons. The molecule has 2 aromatic carbocycles. The van der Waals surface area contributed by atoms with Crippen LogP contribution in [-0.2, 0) is 9.53 Å². The number of Topliss-reactive ketones (excluding diaryl/α,β-unsaturated/α-hetero) is 1. The highest BCUT2D eigenvalue weighted by molar-refractivity contribution is 6.04. The van der Waals surface area contributed by atoms with Crippen molar-refractivity contribution in [1.82, 2.24) is 5.32 Å². The largest absolute Gasteiger partial charge is 0.486 e. The quantitative estimate of drug-likeness (QED) is 0.802. The number of carbonyl (C=O) groups is 2. The maximum atomic E-state index is 13.4. The molecule has 4 atom stereocenters. The van der Waals surface area contributed by atoms with Crippen LogP contribution in [0.3, 0.4) is 0 Å². The summed E-state index contributed by atoms with van der Waals surface area (Å²) in [7, 11) is 0. The number of ether oxygens (including phenoxy) is 2. The lowest BCUT2D eigenvalue weighted by molar-refractivity contribution is -0.145. The van der Waals surface area contributed by atoms with Gasteiger partial charge in [0.2, 0.25) is 0 Å². The Hall–Kier alpha value is -2.66. The Kier molecular flexibility index (Phi) is 3.25. The molecule has 5 heteroatoms. The Bertz CT molecular complexity index is 924. The predicted molar refractivity (Wildman–Crippen MR) is 94.0 cm³/mol. The number of cyclic esters (lactones) is 1. The predicted octanol–water partition coefficient (Wildman–Crippen LogP) is 2.59. The first kappa shape index (κ1) is 15.6. The number of ketones is 1. The maximum absolute atomic E-state index is 13.4. The van der Waals surface area contributed by atoms with Crippen LogP contribution in [0.2, 0.25) is 0 Å². The summed E-state index contributed by atoms with van der Waals surface area (Å²) >= 11 is 0. The summed E-state index contributed by atoms with van der Waals surface area (Å²) in [6.07, 6.45) is -0.0605. The topological polar surface area (TPSA) is 64.6 Å². The smallest absolute Gasteiger partial charge is 0.330 e. The average Bonchev–Trinajstić information content (AvgIpc) is 3.18. The van der Waals surface area contributed by atoms with Gasteiger partial charge in [0.1, 0.15) is 11.9 Å². The van der Waals surface area contributed by atoms with Crippen molar-refractivity contribution in [2.45, 2.75) is 31.0 Å². The van der Waals surface area contributed by atoms with Crippen molar-refractivity contribution in [3.63, 3.8) is 0 Å². The Morgan fingerprint density at radius 1 is 1.08 bits per heavy atom. The second kappa shape index (κ2) is 5.42. The Labute approximate surface area is 151 Å². The number of para-hydroxylation sites is 1. The number of hydrogen-bond acceptors (Lipinski definition) is 5. The van der Waals surface area contributed by atoms with E-state index in [1.807, 2.05) is 43.3 Å². The van der Waals surface area contributed by atoms with Gasteiger partial charge in [-0.05, 0) is 30.2 Å². The van der Waals surface area contributed by atoms with E-state index in [-0.39, 0.29) is 17.8 Å². The molecule has 0 unspecified atom stereocenters. The lowest BCUT2D eigenvalue weighted by atomic mass is 9.78. The molecule has 5 rings (SSSR count). The molecular formula is C21H19NO4. The Balaban J connectivity index is 1.68. The molecule has 0 bridgehead atoms. The summed E-state index contributed by atoms with van der Waals surface area (Å²) in [6, 6.07) is 14.9. The minimum Gasteiger partial charge on any atom is -0.486 e. The van der Waals surface area contributed by atoms with E-state index in [4.69, 9.17) is 9.47 Å². The fourth-order valence-electron chi connectivity index (χ4n) is 4.61. The lowest BCUT2D eigenvalue weighted by Gasteiger charge is -2.34. The molecule has 3 heterocycles. The van der Waals surface area contributed by atoms with Crippen molar-refractivity contribution in [1.29, 1.82) is 0 Å². The van der Waals surface area contributed by atoms with E-state index >= 15 is 0 Å². The van der Waals surface area contributed by atoms with Gasteiger partial charge in [-0.25, -0.2) is 4.79 Å². The van der Waals surface area contributed by atoms with Crippen LogP contribution in [0.1, 0.15) is 33.9 Å². The molecule has 0 aliphatic carbocycles. The number of rotatable bonds is 1. The van der Waals surface area contributed by atoms with Crippen LogP contribution in [0.25, 0.3) is 0 Å². The van der Waals surface area contributed by atoms with Crippen LogP contribution in [-0.4, -0.2) is 30.0 Å². The van der Waals surface area contributed by atoms with E-state index in [9.17, 15) is 9.59 Å². The normalized spacial score (nSPS) is 32.1. The number of hydrogen-bond donors (Lipinski definition) is 1. The van der Waals surface area contributed by atoms with Crippen molar-refractivity contribution >= 4 is 11.8 Å². The van der Waals surface area contributed by atoms with Gasteiger partial charge in [-0.15, -0.1) is 0 Å². The molecule has 0 saturated carbocycles. The summed E-state index contributed by atoms with van der Waals surface area (Å²) in [6.45, 7) is 2.36. The molecular weight excluding hydrogens is 330 g/mol. The van der Waals surface area contributed by atoms with Crippen LogP contribution in [0, 0.1) is 12.8 Å². The molecule has 5 nitrogen and oxygen atoms in total. The van der Waals surface area contributed by atoms with E-state index in [0.717, 1.165) is 11.1 Å². The number of carbonyl (C=O) groups excluding carboxylic acids is 2. The molecule has 0 amide bonds. The summed E-state index contributed by atoms with van der Waals surface area (Å²) in [4.78, 5) is 26.0. The third kappa shape index (κ3) is 1.95. The first-order valence-electron chi connectivity index (χ1n) is 8.92. The zero-order chi connectivity index (χ0) is 17.9. The molecule has 2 saturated heterocycles.